The molecule has 0 aliphatic heterocycles. The van der Waals surface area contributed by atoms with Gasteiger partial charge in [-0.3, -0.25) is 9.59 Å². The van der Waals surface area contributed by atoms with Gasteiger partial charge in [0.1, 0.15) is 5.75 Å². The quantitative estimate of drug-likeness (QED) is 0.517. The molecule has 1 amide bonds. The van der Waals surface area contributed by atoms with Gasteiger partial charge in [-0.1, -0.05) is 50.1 Å². The molecule has 1 aliphatic carbocycles. The maximum absolute atomic E-state index is 12.1. The lowest BCUT2D eigenvalue weighted by atomic mass is 9.78. The number of hydrogen-bond acceptors (Lipinski definition) is 7. The highest BCUT2D eigenvalue weighted by Gasteiger charge is 2.28. The third-order valence-corrected chi connectivity index (χ3v) is 6.27. The van der Waals surface area contributed by atoms with Crippen molar-refractivity contribution in [1.82, 2.24) is 15.5 Å². The van der Waals surface area contributed by atoms with Crippen molar-refractivity contribution in [2.45, 2.75) is 44.4 Å². The Kier molecular flexibility index (Phi) is 7.55. The maximum Gasteiger partial charge on any atom is 0.316 e. The average molecular weight is 438 g/mol. The normalized spacial score (nSPS) is 21.6. The molecule has 2 aromatic rings. The first-order chi connectivity index (χ1) is 13.9. The molecule has 0 bridgehead atoms. The van der Waals surface area contributed by atoms with E-state index < -0.39 is 5.97 Å². The van der Waals surface area contributed by atoms with Crippen molar-refractivity contribution in [3.05, 3.63) is 29.3 Å². The Morgan fingerprint density at radius 1 is 1.24 bits per heavy atom. The van der Waals surface area contributed by atoms with Crippen LogP contribution in [0.4, 0.5) is 0 Å². The van der Waals surface area contributed by atoms with Crippen molar-refractivity contribution >= 4 is 35.2 Å². The van der Waals surface area contributed by atoms with E-state index in [9.17, 15) is 9.59 Å². The van der Waals surface area contributed by atoms with Gasteiger partial charge >= 0.3 is 5.97 Å². The minimum absolute atomic E-state index is 0.0214. The van der Waals surface area contributed by atoms with Crippen LogP contribution in [0.15, 0.2) is 33.9 Å². The average Bonchev–Trinajstić information content (AvgIpc) is 3.18. The third-order valence-electron chi connectivity index (χ3n) is 5.23. The first kappa shape index (κ1) is 21.6. The highest BCUT2D eigenvalue weighted by atomic mass is 35.5. The molecule has 7 nitrogen and oxygen atoms in total. The molecule has 1 fully saturated rings. The number of halogens is 1. The van der Waals surface area contributed by atoms with E-state index in [2.05, 4.69) is 29.4 Å². The highest BCUT2D eigenvalue weighted by molar-refractivity contribution is 7.99. The van der Waals surface area contributed by atoms with E-state index in [-0.39, 0.29) is 29.5 Å². The van der Waals surface area contributed by atoms with Gasteiger partial charge in [0.2, 0.25) is 5.89 Å². The summed E-state index contributed by atoms with van der Waals surface area (Å²) in [6.07, 6.45) is 3.26. The van der Waals surface area contributed by atoms with E-state index in [0.29, 0.717) is 22.7 Å². The van der Waals surface area contributed by atoms with Gasteiger partial charge in [0.05, 0.1) is 0 Å². The van der Waals surface area contributed by atoms with E-state index in [1.165, 1.54) is 6.42 Å². The molecule has 1 aromatic heterocycles. The number of ether oxygens (including phenoxy) is 1. The predicted molar refractivity (Wildman–Crippen MR) is 111 cm³/mol. The van der Waals surface area contributed by atoms with Crippen LogP contribution in [-0.2, 0) is 14.3 Å². The van der Waals surface area contributed by atoms with Crippen molar-refractivity contribution in [3.8, 4) is 11.5 Å². The minimum atomic E-state index is -0.513. The molecule has 1 aliphatic rings. The van der Waals surface area contributed by atoms with Crippen LogP contribution in [0.2, 0.25) is 5.02 Å². The number of aromatic nitrogens is 2. The number of rotatable bonds is 7. The Labute approximate surface area is 178 Å². The molecule has 1 N–H and O–H groups in total. The summed E-state index contributed by atoms with van der Waals surface area (Å²) in [6.45, 7) is 4.08. The molecule has 0 saturated heterocycles. The Morgan fingerprint density at radius 2 is 2.00 bits per heavy atom. The lowest BCUT2D eigenvalue weighted by molar-refractivity contribution is -0.146. The summed E-state index contributed by atoms with van der Waals surface area (Å²) >= 11 is 6.92. The molecule has 1 heterocycles. The predicted octanol–water partition coefficient (Wildman–Crippen LogP) is 3.97. The number of carbonyl (C=O) groups is 2. The molecule has 3 atom stereocenters. The number of esters is 1. The van der Waals surface area contributed by atoms with Crippen LogP contribution in [0.1, 0.15) is 33.1 Å². The monoisotopic (exact) mass is 437 g/mol. The second-order valence-corrected chi connectivity index (χ2v) is 8.63. The van der Waals surface area contributed by atoms with Crippen LogP contribution in [0.5, 0.6) is 0 Å². The van der Waals surface area contributed by atoms with Gasteiger partial charge in [0, 0.05) is 16.6 Å². The van der Waals surface area contributed by atoms with Gasteiger partial charge in [0.25, 0.3) is 11.1 Å². The molecule has 29 heavy (non-hydrogen) atoms. The van der Waals surface area contributed by atoms with E-state index >= 15 is 0 Å². The van der Waals surface area contributed by atoms with Crippen molar-refractivity contribution < 1.29 is 18.7 Å². The molecular formula is C20H24ClN3O4S. The number of hydrogen-bond donors (Lipinski definition) is 1. The van der Waals surface area contributed by atoms with E-state index in [0.717, 1.165) is 30.2 Å². The fourth-order valence-corrected chi connectivity index (χ4v) is 4.01. The zero-order valence-corrected chi connectivity index (χ0v) is 18.0. The van der Waals surface area contributed by atoms with E-state index in [4.69, 9.17) is 20.8 Å². The Balaban J connectivity index is 1.40. The maximum atomic E-state index is 12.1. The van der Waals surface area contributed by atoms with Crippen LogP contribution in [0.25, 0.3) is 11.5 Å². The van der Waals surface area contributed by atoms with Crippen LogP contribution >= 0.6 is 23.4 Å². The molecule has 0 spiro atoms. The summed E-state index contributed by atoms with van der Waals surface area (Å²) in [6, 6.07) is 7.13. The lowest BCUT2D eigenvalue weighted by Gasteiger charge is -2.34. The summed E-state index contributed by atoms with van der Waals surface area (Å²) in [4.78, 5) is 24.0. The smallest absolute Gasteiger partial charge is 0.316 e. The van der Waals surface area contributed by atoms with Gasteiger partial charge in [0.15, 0.2) is 6.61 Å². The zero-order chi connectivity index (χ0) is 20.8. The van der Waals surface area contributed by atoms with E-state index in [1.807, 2.05) is 0 Å². The Hall–Kier alpha value is -2.06. The van der Waals surface area contributed by atoms with Crippen molar-refractivity contribution in [2.24, 2.45) is 11.8 Å². The minimum Gasteiger partial charge on any atom is -0.455 e. The summed E-state index contributed by atoms with van der Waals surface area (Å²) in [5, 5.41) is 11.7. The second-order valence-electron chi connectivity index (χ2n) is 7.27. The SMILES string of the molecule is C[C@@H]1[C@H](C)CCC[C@H]1NC(=O)COC(=O)CSc1nnc(-c2ccc(Cl)cc2)o1. The van der Waals surface area contributed by atoms with Crippen LogP contribution in [0, 0.1) is 11.8 Å². The van der Waals surface area contributed by atoms with Crippen molar-refractivity contribution in [1.29, 1.82) is 0 Å². The topological polar surface area (TPSA) is 94.3 Å². The highest BCUT2D eigenvalue weighted by Crippen LogP contribution is 2.29. The molecule has 0 unspecified atom stereocenters. The van der Waals surface area contributed by atoms with Crippen LogP contribution < -0.4 is 5.32 Å². The number of benzene rings is 1. The molecule has 1 aromatic carbocycles. The Morgan fingerprint density at radius 3 is 2.76 bits per heavy atom. The van der Waals surface area contributed by atoms with Gasteiger partial charge in [-0.05, 0) is 42.5 Å². The summed E-state index contributed by atoms with van der Waals surface area (Å²) in [7, 11) is 0. The standard InChI is InChI=1S/C20H24ClN3O4S/c1-12-4-3-5-16(13(12)2)22-17(25)10-27-18(26)11-29-20-24-23-19(28-20)14-6-8-15(21)9-7-14/h6-9,12-13,16H,3-5,10-11H2,1-2H3,(H,22,25)/t12-,13-,16-/m1/s1. The molecule has 0 radical (unpaired) electrons. The Bertz CT molecular complexity index is 843. The number of nitrogens with zero attached hydrogens (tertiary/aromatic N) is 2. The second kappa shape index (κ2) is 10.1. The molecule has 1 saturated carbocycles. The number of amides is 1. The van der Waals surface area contributed by atoms with Crippen LogP contribution in [0.3, 0.4) is 0 Å². The molecular weight excluding hydrogens is 414 g/mol. The lowest BCUT2D eigenvalue weighted by Crippen LogP contribution is -2.45. The zero-order valence-electron chi connectivity index (χ0n) is 16.4. The van der Waals surface area contributed by atoms with Gasteiger partial charge in [-0.25, -0.2) is 0 Å². The first-order valence-electron chi connectivity index (χ1n) is 9.59. The van der Waals surface area contributed by atoms with Crippen molar-refractivity contribution in [3.63, 3.8) is 0 Å². The summed E-state index contributed by atoms with van der Waals surface area (Å²) < 4.78 is 10.6. The number of nitrogens with one attached hydrogen (secondary N) is 1. The summed E-state index contributed by atoms with van der Waals surface area (Å²) in [5.41, 5.74) is 0.735. The van der Waals surface area contributed by atoms with Gasteiger partial charge in [-0.2, -0.15) is 0 Å². The van der Waals surface area contributed by atoms with Crippen molar-refractivity contribution in [2.75, 3.05) is 12.4 Å². The fraction of sp³-hybridized carbons (Fsp3) is 0.500. The largest absolute Gasteiger partial charge is 0.455 e. The molecule has 9 heteroatoms. The third kappa shape index (κ3) is 6.21. The fourth-order valence-electron chi connectivity index (χ4n) is 3.32. The van der Waals surface area contributed by atoms with Gasteiger partial charge in [-0.15, -0.1) is 10.2 Å². The number of carbonyl (C=O) groups excluding carboxylic acids is 2. The summed E-state index contributed by atoms with van der Waals surface area (Å²) in [5.74, 6) is 0.546. The molecule has 156 valence electrons. The van der Waals surface area contributed by atoms with Gasteiger partial charge < -0.3 is 14.5 Å². The molecule has 3 rings (SSSR count). The van der Waals surface area contributed by atoms with Crippen LogP contribution in [-0.4, -0.2) is 40.5 Å². The van der Waals surface area contributed by atoms with E-state index in [1.54, 1.807) is 24.3 Å². The number of thioether (sulfide) groups is 1. The first-order valence-corrected chi connectivity index (χ1v) is 11.0.